The van der Waals surface area contributed by atoms with Crippen LogP contribution in [0.4, 0.5) is 0 Å². The lowest BCUT2D eigenvalue weighted by molar-refractivity contribution is -0.139. The molecule has 2 rings (SSSR count). The van der Waals surface area contributed by atoms with Gasteiger partial charge in [0.05, 0.1) is 13.5 Å². The average molecular weight is 222 g/mol. The highest BCUT2D eigenvalue weighted by Crippen LogP contribution is 2.21. The van der Waals surface area contributed by atoms with Crippen LogP contribution >= 0.6 is 0 Å². The lowest BCUT2D eigenvalue weighted by Gasteiger charge is -2.04. The number of aliphatic hydroxyl groups excluding tert-OH is 1. The van der Waals surface area contributed by atoms with Crippen molar-refractivity contribution in [3.63, 3.8) is 0 Å². The van der Waals surface area contributed by atoms with Gasteiger partial charge in [-0.05, 0) is 11.0 Å². The molecule has 0 saturated carbocycles. The molecule has 0 bridgehead atoms. The van der Waals surface area contributed by atoms with Crippen LogP contribution in [-0.2, 0) is 20.6 Å². The Morgan fingerprint density at radius 2 is 2.38 bits per heavy atom. The van der Waals surface area contributed by atoms with Crippen LogP contribution in [0.25, 0.3) is 0 Å². The molecule has 1 heterocycles. The number of esters is 1. The molecule has 0 radical (unpaired) electrons. The second-order valence-electron chi connectivity index (χ2n) is 3.56. The van der Waals surface area contributed by atoms with Crippen LogP contribution in [0.15, 0.2) is 18.2 Å². The molecule has 2 N–H and O–H groups in total. The van der Waals surface area contributed by atoms with E-state index in [1.807, 2.05) is 0 Å². The van der Waals surface area contributed by atoms with E-state index in [2.05, 4.69) is 4.74 Å². The second-order valence-corrected chi connectivity index (χ2v) is 3.56. The van der Waals surface area contributed by atoms with Gasteiger partial charge in [-0.1, -0.05) is 18.2 Å². The molecule has 16 heavy (non-hydrogen) atoms. The van der Waals surface area contributed by atoms with Crippen LogP contribution < -0.4 is 5.46 Å². The lowest BCUT2D eigenvalue weighted by atomic mass is 9.78. The van der Waals surface area contributed by atoms with Crippen molar-refractivity contribution in [2.75, 3.05) is 7.11 Å². The van der Waals surface area contributed by atoms with Crippen molar-refractivity contribution in [3.05, 3.63) is 29.3 Å². The standard InChI is InChI=1S/C10H11BO5/c1-15-9(12)5-6-2-3-7-8(4-6)11(14)16-10(7)13/h2-4,10,13-14H,5H2,1H3. The molecule has 84 valence electrons. The smallest absolute Gasteiger partial charge is 0.469 e. The number of rotatable bonds is 2. The molecule has 1 aliphatic rings. The summed E-state index contributed by atoms with van der Waals surface area (Å²) in [4.78, 5) is 11.1. The molecule has 0 fully saturated rings. The Kier molecular flexibility index (Phi) is 2.96. The summed E-state index contributed by atoms with van der Waals surface area (Å²) in [6, 6.07) is 4.96. The van der Waals surface area contributed by atoms with Crippen LogP contribution in [-0.4, -0.2) is 30.3 Å². The quantitative estimate of drug-likeness (QED) is 0.501. The summed E-state index contributed by atoms with van der Waals surface area (Å²) in [5.41, 5.74) is 1.73. The fourth-order valence-corrected chi connectivity index (χ4v) is 1.68. The van der Waals surface area contributed by atoms with Gasteiger partial charge in [0, 0.05) is 5.56 Å². The maximum atomic E-state index is 11.1. The van der Waals surface area contributed by atoms with E-state index >= 15 is 0 Å². The summed E-state index contributed by atoms with van der Waals surface area (Å²) >= 11 is 0. The Labute approximate surface area is 92.8 Å². The Morgan fingerprint density at radius 1 is 1.62 bits per heavy atom. The minimum absolute atomic E-state index is 0.132. The first-order valence-electron chi connectivity index (χ1n) is 4.83. The minimum Gasteiger partial charge on any atom is -0.469 e. The summed E-state index contributed by atoms with van der Waals surface area (Å²) in [7, 11) is 0.180. The Hall–Kier alpha value is -1.37. The van der Waals surface area contributed by atoms with E-state index in [0.29, 0.717) is 16.6 Å². The first kappa shape index (κ1) is 11.1. The Morgan fingerprint density at radius 3 is 3.06 bits per heavy atom. The third-order valence-corrected chi connectivity index (χ3v) is 2.52. The lowest BCUT2D eigenvalue weighted by Crippen LogP contribution is -2.28. The molecule has 0 saturated heterocycles. The van der Waals surface area contributed by atoms with Gasteiger partial charge in [-0.2, -0.15) is 0 Å². The van der Waals surface area contributed by atoms with E-state index < -0.39 is 13.4 Å². The van der Waals surface area contributed by atoms with Gasteiger partial charge < -0.3 is 19.5 Å². The van der Waals surface area contributed by atoms with Crippen LogP contribution in [0.1, 0.15) is 17.4 Å². The zero-order chi connectivity index (χ0) is 11.7. The van der Waals surface area contributed by atoms with Gasteiger partial charge >= 0.3 is 13.1 Å². The van der Waals surface area contributed by atoms with Crippen molar-refractivity contribution in [2.45, 2.75) is 12.7 Å². The molecular weight excluding hydrogens is 211 g/mol. The van der Waals surface area contributed by atoms with E-state index in [0.717, 1.165) is 0 Å². The summed E-state index contributed by atoms with van der Waals surface area (Å²) in [6.45, 7) is 0. The first-order valence-corrected chi connectivity index (χ1v) is 4.83. The first-order chi connectivity index (χ1) is 7.61. The molecule has 6 heteroatoms. The molecule has 0 spiro atoms. The fraction of sp³-hybridized carbons (Fsp3) is 0.300. The number of fused-ring (bicyclic) bond motifs is 1. The van der Waals surface area contributed by atoms with Crippen LogP contribution in [0.3, 0.4) is 0 Å². The average Bonchev–Trinajstić information content (AvgIpc) is 2.54. The van der Waals surface area contributed by atoms with Crippen molar-refractivity contribution < 1.29 is 24.3 Å². The zero-order valence-corrected chi connectivity index (χ0v) is 8.71. The number of carbonyl (C=O) groups excluding carboxylic acids is 1. The fourth-order valence-electron chi connectivity index (χ4n) is 1.68. The number of methoxy groups -OCH3 is 1. The monoisotopic (exact) mass is 222 g/mol. The van der Waals surface area contributed by atoms with Crippen LogP contribution in [0.5, 0.6) is 0 Å². The number of benzene rings is 1. The number of hydrogen-bond donors (Lipinski definition) is 2. The second kappa shape index (κ2) is 4.25. The van der Waals surface area contributed by atoms with Crippen molar-refractivity contribution in [2.24, 2.45) is 0 Å². The molecule has 0 amide bonds. The van der Waals surface area contributed by atoms with Crippen molar-refractivity contribution in [1.29, 1.82) is 0 Å². The number of hydrogen-bond acceptors (Lipinski definition) is 5. The van der Waals surface area contributed by atoms with Gasteiger partial charge in [-0.15, -0.1) is 0 Å². The third kappa shape index (κ3) is 1.95. The number of ether oxygens (including phenoxy) is 1. The van der Waals surface area contributed by atoms with Crippen molar-refractivity contribution in [3.8, 4) is 0 Å². The number of aliphatic hydroxyl groups is 1. The van der Waals surface area contributed by atoms with Gasteiger partial charge in [0.1, 0.15) is 0 Å². The summed E-state index contributed by atoms with van der Waals surface area (Å²) in [6.07, 6.45) is -0.968. The zero-order valence-electron chi connectivity index (χ0n) is 8.71. The van der Waals surface area contributed by atoms with E-state index in [9.17, 15) is 14.9 Å². The van der Waals surface area contributed by atoms with Crippen molar-refractivity contribution in [1.82, 2.24) is 0 Å². The highest BCUT2D eigenvalue weighted by molar-refractivity contribution is 6.61. The maximum absolute atomic E-state index is 11.1. The van der Waals surface area contributed by atoms with E-state index in [1.165, 1.54) is 7.11 Å². The highest BCUT2D eigenvalue weighted by atomic mass is 16.6. The molecular formula is C10H11BO5. The number of carbonyl (C=O) groups is 1. The van der Waals surface area contributed by atoms with E-state index in [4.69, 9.17) is 4.65 Å². The predicted octanol–water partition coefficient (Wildman–Crippen LogP) is -0.889. The Bertz CT molecular complexity index is 420. The summed E-state index contributed by atoms with van der Waals surface area (Å²) < 4.78 is 9.35. The summed E-state index contributed by atoms with van der Waals surface area (Å²) in [5, 5.41) is 18.9. The molecule has 1 unspecified atom stereocenters. The van der Waals surface area contributed by atoms with Gasteiger partial charge in [-0.25, -0.2) is 0 Å². The largest absolute Gasteiger partial charge is 0.493 e. The molecule has 1 aromatic rings. The third-order valence-electron chi connectivity index (χ3n) is 2.52. The van der Waals surface area contributed by atoms with Gasteiger partial charge in [0.2, 0.25) is 0 Å². The summed E-state index contributed by atoms with van der Waals surface area (Å²) in [5.74, 6) is -0.353. The minimum atomic E-state index is -1.14. The molecule has 1 aromatic carbocycles. The normalized spacial score (nSPS) is 18.4. The molecule has 1 atom stereocenters. The van der Waals surface area contributed by atoms with Crippen LogP contribution in [0.2, 0.25) is 0 Å². The highest BCUT2D eigenvalue weighted by Gasteiger charge is 2.34. The predicted molar refractivity (Wildman–Crippen MR) is 55.8 cm³/mol. The molecule has 1 aliphatic heterocycles. The van der Waals surface area contributed by atoms with E-state index in [1.54, 1.807) is 18.2 Å². The maximum Gasteiger partial charge on any atom is 0.493 e. The molecule has 5 nitrogen and oxygen atoms in total. The van der Waals surface area contributed by atoms with Crippen molar-refractivity contribution >= 4 is 18.6 Å². The topological polar surface area (TPSA) is 76.0 Å². The van der Waals surface area contributed by atoms with Crippen LogP contribution in [0, 0.1) is 0 Å². The van der Waals surface area contributed by atoms with Gasteiger partial charge in [-0.3, -0.25) is 4.79 Å². The Balaban J connectivity index is 2.26. The molecule has 0 aromatic heterocycles. The van der Waals surface area contributed by atoms with Gasteiger partial charge in [0.25, 0.3) is 0 Å². The van der Waals surface area contributed by atoms with Gasteiger partial charge in [0.15, 0.2) is 6.29 Å². The van der Waals surface area contributed by atoms with E-state index in [-0.39, 0.29) is 12.4 Å². The molecule has 0 aliphatic carbocycles. The SMILES string of the molecule is COC(=O)Cc1ccc2c(c1)B(O)OC2O.